The van der Waals surface area contributed by atoms with E-state index >= 15 is 0 Å². The normalized spacial score (nSPS) is 11.2. The molecule has 0 aromatic carbocycles. The summed E-state index contributed by atoms with van der Waals surface area (Å²) in [6.07, 6.45) is 1.43. The van der Waals surface area contributed by atoms with Crippen LogP contribution in [0.2, 0.25) is 0 Å². The summed E-state index contributed by atoms with van der Waals surface area (Å²) in [5.41, 5.74) is 0. The third-order valence-corrected chi connectivity index (χ3v) is 4.98. The minimum Gasteiger partial charge on any atom is -0.477 e. The SMILES string of the molecule is O=C(O)c1sccc1S(=O)(=O)Nc1ccc(Br)cn1. The maximum atomic E-state index is 12.1. The summed E-state index contributed by atoms with van der Waals surface area (Å²) < 4.78 is 27.0. The van der Waals surface area contributed by atoms with Gasteiger partial charge in [0, 0.05) is 10.7 Å². The number of thiophene rings is 1. The van der Waals surface area contributed by atoms with Gasteiger partial charge in [0.15, 0.2) is 0 Å². The summed E-state index contributed by atoms with van der Waals surface area (Å²) >= 11 is 4.03. The van der Waals surface area contributed by atoms with E-state index in [0.29, 0.717) is 4.47 Å². The number of carboxylic acid groups (broad SMARTS) is 1. The number of aromatic carboxylic acids is 1. The van der Waals surface area contributed by atoms with E-state index in [1.54, 1.807) is 6.07 Å². The van der Waals surface area contributed by atoms with Crippen molar-refractivity contribution in [2.75, 3.05) is 4.72 Å². The molecular formula is C10H7BrN2O4S2. The number of carboxylic acids is 1. The maximum absolute atomic E-state index is 12.1. The van der Waals surface area contributed by atoms with Gasteiger partial charge in [-0.2, -0.15) is 0 Å². The number of carbonyl (C=O) groups is 1. The number of pyridine rings is 1. The van der Waals surface area contributed by atoms with Gasteiger partial charge in [-0.1, -0.05) is 0 Å². The molecule has 2 rings (SSSR count). The Labute approximate surface area is 121 Å². The van der Waals surface area contributed by atoms with E-state index in [9.17, 15) is 13.2 Å². The number of aromatic nitrogens is 1. The molecule has 2 N–H and O–H groups in total. The summed E-state index contributed by atoms with van der Waals surface area (Å²) in [6, 6.07) is 4.33. The lowest BCUT2D eigenvalue weighted by atomic mass is 10.5. The molecule has 0 saturated heterocycles. The highest BCUT2D eigenvalue weighted by atomic mass is 79.9. The van der Waals surface area contributed by atoms with E-state index in [-0.39, 0.29) is 15.6 Å². The van der Waals surface area contributed by atoms with E-state index in [1.165, 1.54) is 23.7 Å². The molecule has 0 spiro atoms. The minimum atomic E-state index is -3.96. The van der Waals surface area contributed by atoms with Crippen molar-refractivity contribution in [2.45, 2.75) is 4.90 Å². The van der Waals surface area contributed by atoms with Crippen molar-refractivity contribution in [1.29, 1.82) is 0 Å². The van der Waals surface area contributed by atoms with E-state index < -0.39 is 16.0 Å². The highest BCUT2D eigenvalue weighted by Crippen LogP contribution is 2.24. The molecule has 0 fully saturated rings. The highest BCUT2D eigenvalue weighted by molar-refractivity contribution is 9.10. The molecule has 0 aliphatic rings. The lowest BCUT2D eigenvalue weighted by molar-refractivity contribution is 0.0698. The van der Waals surface area contributed by atoms with Gasteiger partial charge in [0.25, 0.3) is 10.0 Å². The van der Waals surface area contributed by atoms with Crippen LogP contribution in [0.1, 0.15) is 9.67 Å². The fourth-order valence-corrected chi connectivity index (χ4v) is 3.80. The fourth-order valence-electron chi connectivity index (χ4n) is 1.29. The van der Waals surface area contributed by atoms with Gasteiger partial charge >= 0.3 is 5.97 Å². The molecule has 6 nitrogen and oxygen atoms in total. The van der Waals surface area contributed by atoms with Gasteiger partial charge in [-0.05, 0) is 39.5 Å². The molecule has 0 saturated carbocycles. The Morgan fingerprint density at radius 1 is 1.37 bits per heavy atom. The van der Waals surface area contributed by atoms with Gasteiger partial charge in [-0.25, -0.2) is 18.2 Å². The number of nitrogens with zero attached hydrogens (tertiary/aromatic N) is 1. The van der Waals surface area contributed by atoms with Crippen LogP contribution in [0.25, 0.3) is 0 Å². The molecule has 2 heterocycles. The Morgan fingerprint density at radius 2 is 2.11 bits per heavy atom. The van der Waals surface area contributed by atoms with Crippen molar-refractivity contribution in [3.63, 3.8) is 0 Å². The molecule has 0 atom stereocenters. The van der Waals surface area contributed by atoms with Crippen LogP contribution in [0.4, 0.5) is 5.82 Å². The Bertz CT molecular complexity index is 709. The molecule has 9 heteroatoms. The van der Waals surface area contributed by atoms with Crippen molar-refractivity contribution in [1.82, 2.24) is 4.98 Å². The van der Waals surface area contributed by atoms with Crippen LogP contribution in [-0.2, 0) is 10.0 Å². The predicted molar refractivity (Wildman–Crippen MR) is 74.0 cm³/mol. The van der Waals surface area contributed by atoms with Crippen LogP contribution >= 0.6 is 27.3 Å². The average Bonchev–Trinajstić information content (AvgIpc) is 2.82. The zero-order valence-electron chi connectivity index (χ0n) is 9.20. The first kappa shape index (κ1) is 14.0. The van der Waals surface area contributed by atoms with Crippen LogP contribution < -0.4 is 4.72 Å². The summed E-state index contributed by atoms with van der Waals surface area (Å²) in [5, 5.41) is 10.3. The molecule has 19 heavy (non-hydrogen) atoms. The quantitative estimate of drug-likeness (QED) is 0.870. The van der Waals surface area contributed by atoms with Gasteiger partial charge in [0.1, 0.15) is 15.6 Å². The molecule has 0 bridgehead atoms. The zero-order chi connectivity index (χ0) is 14.0. The Morgan fingerprint density at radius 3 is 2.68 bits per heavy atom. The van der Waals surface area contributed by atoms with Crippen molar-refractivity contribution >= 4 is 49.1 Å². The lowest BCUT2D eigenvalue weighted by Crippen LogP contribution is -2.15. The molecule has 0 radical (unpaired) electrons. The Balaban J connectivity index is 2.35. The Kier molecular flexibility index (Phi) is 3.88. The topological polar surface area (TPSA) is 96.4 Å². The predicted octanol–water partition coefficient (Wildman–Crippen LogP) is 2.40. The van der Waals surface area contributed by atoms with E-state index in [1.807, 2.05) is 0 Å². The van der Waals surface area contributed by atoms with Gasteiger partial charge in [-0.15, -0.1) is 11.3 Å². The van der Waals surface area contributed by atoms with E-state index in [4.69, 9.17) is 5.11 Å². The van der Waals surface area contributed by atoms with Gasteiger partial charge < -0.3 is 5.11 Å². The first-order chi connectivity index (χ1) is 8.90. The molecule has 0 unspecified atom stereocenters. The molecule has 0 aliphatic carbocycles. The summed E-state index contributed by atoms with van der Waals surface area (Å²) in [7, 11) is -3.96. The van der Waals surface area contributed by atoms with Crippen molar-refractivity contribution < 1.29 is 18.3 Å². The third kappa shape index (κ3) is 3.11. The van der Waals surface area contributed by atoms with Crippen molar-refractivity contribution in [2.24, 2.45) is 0 Å². The fraction of sp³-hybridized carbons (Fsp3) is 0. The largest absolute Gasteiger partial charge is 0.477 e. The molecular weight excluding hydrogens is 356 g/mol. The van der Waals surface area contributed by atoms with Gasteiger partial charge in [-0.3, -0.25) is 4.72 Å². The number of rotatable bonds is 4. The van der Waals surface area contributed by atoms with E-state index in [0.717, 1.165) is 11.3 Å². The Hall–Kier alpha value is -1.45. The van der Waals surface area contributed by atoms with Gasteiger partial charge in [0.2, 0.25) is 0 Å². The number of nitrogens with one attached hydrogen (secondary N) is 1. The monoisotopic (exact) mass is 362 g/mol. The van der Waals surface area contributed by atoms with Gasteiger partial charge in [0.05, 0.1) is 0 Å². The molecule has 100 valence electrons. The summed E-state index contributed by atoms with van der Waals surface area (Å²) in [4.78, 5) is 14.3. The molecule has 0 aliphatic heterocycles. The minimum absolute atomic E-state index is 0.116. The van der Waals surface area contributed by atoms with Crippen LogP contribution in [0, 0.1) is 0 Å². The molecule has 2 aromatic heterocycles. The standard InChI is InChI=1S/C10H7BrN2O4S2/c11-6-1-2-8(12-5-6)13-19(16,17)7-3-4-18-9(7)10(14)15/h1-5H,(H,12,13)(H,14,15). The number of hydrogen-bond acceptors (Lipinski definition) is 5. The maximum Gasteiger partial charge on any atom is 0.347 e. The molecule has 0 amide bonds. The lowest BCUT2D eigenvalue weighted by Gasteiger charge is -2.06. The number of anilines is 1. The molecule has 2 aromatic rings. The second kappa shape index (κ2) is 5.27. The smallest absolute Gasteiger partial charge is 0.347 e. The van der Waals surface area contributed by atoms with Crippen molar-refractivity contribution in [3.8, 4) is 0 Å². The second-order valence-electron chi connectivity index (χ2n) is 3.39. The summed E-state index contributed by atoms with van der Waals surface area (Å²) in [6.45, 7) is 0. The first-order valence-electron chi connectivity index (χ1n) is 4.85. The van der Waals surface area contributed by atoms with Crippen LogP contribution in [-0.4, -0.2) is 24.5 Å². The first-order valence-corrected chi connectivity index (χ1v) is 8.01. The van der Waals surface area contributed by atoms with Crippen molar-refractivity contribution in [3.05, 3.63) is 39.1 Å². The second-order valence-corrected chi connectivity index (χ2v) is 6.87. The highest BCUT2D eigenvalue weighted by Gasteiger charge is 2.24. The number of hydrogen-bond donors (Lipinski definition) is 2. The zero-order valence-corrected chi connectivity index (χ0v) is 12.4. The van der Waals surface area contributed by atoms with E-state index in [2.05, 4.69) is 25.6 Å². The van der Waals surface area contributed by atoms with Crippen LogP contribution in [0.3, 0.4) is 0 Å². The third-order valence-electron chi connectivity index (χ3n) is 2.08. The average molecular weight is 363 g/mol. The number of sulfonamides is 1. The van der Waals surface area contributed by atoms with Crippen LogP contribution in [0.5, 0.6) is 0 Å². The summed E-state index contributed by atoms with van der Waals surface area (Å²) in [5.74, 6) is -1.16. The number of halogens is 1. The van der Waals surface area contributed by atoms with Crippen LogP contribution in [0.15, 0.2) is 39.1 Å².